The molecule has 1 spiro atoms. The highest BCUT2D eigenvalue weighted by Gasteiger charge is 2.55. The first-order valence-electron chi connectivity index (χ1n) is 17.1. The molecule has 50 heavy (non-hydrogen) atoms. The number of para-hydroxylation sites is 1. The van der Waals surface area contributed by atoms with Crippen molar-refractivity contribution in [1.82, 2.24) is 9.97 Å². The third kappa shape index (κ3) is 3.69. The summed E-state index contributed by atoms with van der Waals surface area (Å²) in [5, 5.41) is 3.58. The van der Waals surface area contributed by atoms with Gasteiger partial charge in [-0.05, 0) is 85.6 Å². The summed E-state index contributed by atoms with van der Waals surface area (Å²) in [6.45, 7) is 0. The molecule has 2 heterocycles. The zero-order chi connectivity index (χ0) is 32.8. The van der Waals surface area contributed by atoms with E-state index in [1.54, 1.807) is 6.33 Å². The molecule has 0 saturated carbocycles. The largest absolute Gasteiger partial charge is 0.459 e. The van der Waals surface area contributed by atoms with Gasteiger partial charge in [0.05, 0.1) is 11.4 Å². The van der Waals surface area contributed by atoms with Crippen LogP contribution in [0.2, 0.25) is 0 Å². The molecule has 11 rings (SSSR count). The number of hydrogen-bond acceptors (Lipinski definition) is 3. The Labute approximate surface area is 289 Å². The molecule has 0 fully saturated rings. The van der Waals surface area contributed by atoms with E-state index in [4.69, 9.17) is 9.40 Å². The van der Waals surface area contributed by atoms with Gasteiger partial charge in [-0.1, -0.05) is 133 Å². The summed E-state index contributed by atoms with van der Waals surface area (Å²) in [6, 6.07) is 58.8. The van der Waals surface area contributed by atoms with E-state index >= 15 is 0 Å². The summed E-state index contributed by atoms with van der Waals surface area (Å²) in [6.07, 6.45) is 1.67. The van der Waals surface area contributed by atoms with Crippen LogP contribution < -0.4 is 0 Å². The van der Waals surface area contributed by atoms with Gasteiger partial charge >= 0.3 is 0 Å². The molecule has 0 saturated heterocycles. The lowest BCUT2D eigenvalue weighted by Gasteiger charge is -2.28. The molecule has 0 bridgehead atoms. The van der Waals surface area contributed by atoms with E-state index in [0.717, 1.165) is 50.4 Å². The van der Waals surface area contributed by atoms with E-state index in [1.807, 2.05) is 0 Å². The Kier molecular flexibility index (Phi) is 5.59. The molecule has 1 unspecified atom stereocenters. The molecule has 0 N–H and O–H groups in total. The first-order valence-corrected chi connectivity index (χ1v) is 17.1. The van der Waals surface area contributed by atoms with Gasteiger partial charge in [0.1, 0.15) is 23.1 Å². The van der Waals surface area contributed by atoms with E-state index in [2.05, 4.69) is 169 Å². The van der Waals surface area contributed by atoms with Crippen LogP contribution in [0.3, 0.4) is 0 Å². The third-order valence-electron chi connectivity index (χ3n) is 10.8. The third-order valence-corrected chi connectivity index (χ3v) is 10.8. The quantitative estimate of drug-likeness (QED) is 0.194. The fraction of sp³-hybridized carbons (Fsp3) is 0.0213. The van der Waals surface area contributed by atoms with Crippen molar-refractivity contribution in [3.63, 3.8) is 0 Å². The molecule has 232 valence electrons. The molecular formula is C47H28N2O. The van der Waals surface area contributed by atoms with Gasteiger partial charge in [0.2, 0.25) is 0 Å². The monoisotopic (exact) mass is 636 g/mol. The molecule has 1 atom stereocenters. The standard InChI is InChI=1S/C47H28N2O/c1-2-11-30-24-34(21-20-29(30)10-1)43-27-42(48-28-49-43)33-13-9-12-31(25-33)32-22-23-36-35-14-3-6-17-39(35)47(41(36)26-32)40-18-7-4-15-37(40)45-38-16-5-8-19-44(38)50-46(45)47/h1-28H. The maximum absolute atomic E-state index is 6.92. The average Bonchev–Trinajstić information content (AvgIpc) is 3.81. The van der Waals surface area contributed by atoms with E-state index in [0.29, 0.717) is 0 Å². The van der Waals surface area contributed by atoms with Gasteiger partial charge in [-0.3, -0.25) is 0 Å². The van der Waals surface area contributed by atoms with E-state index < -0.39 is 5.41 Å². The predicted octanol–water partition coefficient (Wildman–Crippen LogP) is 11.7. The van der Waals surface area contributed by atoms with Crippen LogP contribution in [-0.2, 0) is 5.41 Å². The zero-order valence-corrected chi connectivity index (χ0v) is 27.0. The summed E-state index contributed by atoms with van der Waals surface area (Å²) < 4.78 is 6.92. The highest BCUT2D eigenvalue weighted by Crippen LogP contribution is 2.64. The lowest BCUT2D eigenvalue weighted by molar-refractivity contribution is 0.507. The molecule has 2 aliphatic carbocycles. The summed E-state index contributed by atoms with van der Waals surface area (Å²) in [4.78, 5) is 9.38. The molecule has 7 aromatic carbocycles. The van der Waals surface area contributed by atoms with Gasteiger partial charge in [-0.25, -0.2) is 9.97 Å². The molecule has 3 heteroatoms. The van der Waals surface area contributed by atoms with Gasteiger partial charge in [-0.15, -0.1) is 0 Å². The Morgan fingerprint density at radius 2 is 1.06 bits per heavy atom. The number of rotatable bonds is 3. The van der Waals surface area contributed by atoms with Crippen LogP contribution in [0.25, 0.3) is 77.6 Å². The van der Waals surface area contributed by atoms with Crippen molar-refractivity contribution in [1.29, 1.82) is 0 Å². The molecule has 2 aliphatic rings. The molecule has 0 aliphatic heterocycles. The summed E-state index contributed by atoms with van der Waals surface area (Å²) in [7, 11) is 0. The first-order chi connectivity index (χ1) is 24.8. The highest BCUT2D eigenvalue weighted by molar-refractivity contribution is 6.04. The van der Waals surface area contributed by atoms with Crippen LogP contribution >= 0.6 is 0 Å². The van der Waals surface area contributed by atoms with Crippen molar-refractivity contribution < 1.29 is 4.42 Å². The molecule has 0 radical (unpaired) electrons. The molecule has 3 nitrogen and oxygen atoms in total. The van der Waals surface area contributed by atoms with Crippen LogP contribution in [0.4, 0.5) is 0 Å². The summed E-state index contributed by atoms with van der Waals surface area (Å²) in [5.41, 5.74) is 15.4. The van der Waals surface area contributed by atoms with Crippen molar-refractivity contribution in [3.8, 4) is 55.9 Å². The van der Waals surface area contributed by atoms with Crippen molar-refractivity contribution >= 4 is 21.7 Å². The number of nitrogens with zero attached hydrogens (tertiary/aromatic N) is 2. The lowest BCUT2D eigenvalue weighted by atomic mass is 9.73. The van der Waals surface area contributed by atoms with Crippen LogP contribution in [0.15, 0.2) is 175 Å². The highest BCUT2D eigenvalue weighted by atomic mass is 16.3. The fourth-order valence-corrected chi connectivity index (χ4v) is 8.60. The second-order valence-corrected chi connectivity index (χ2v) is 13.3. The van der Waals surface area contributed by atoms with Crippen molar-refractivity contribution in [3.05, 3.63) is 193 Å². The van der Waals surface area contributed by atoms with Crippen LogP contribution in [0.1, 0.15) is 22.5 Å². The van der Waals surface area contributed by atoms with Crippen molar-refractivity contribution in [2.24, 2.45) is 0 Å². The minimum Gasteiger partial charge on any atom is -0.459 e. The summed E-state index contributed by atoms with van der Waals surface area (Å²) >= 11 is 0. The molecule has 9 aromatic rings. The maximum atomic E-state index is 6.92. The van der Waals surface area contributed by atoms with Gasteiger partial charge < -0.3 is 4.42 Å². The normalized spacial score (nSPS) is 15.3. The Morgan fingerprint density at radius 1 is 0.420 bits per heavy atom. The molecule has 0 amide bonds. The SMILES string of the molecule is c1cc(-c2ccc3c(c2)C2(c4ccccc4-3)c3ccccc3-c3c2oc2ccccc32)cc(-c2cc(-c3ccc4ccccc4c3)ncn2)c1. The van der Waals surface area contributed by atoms with Crippen molar-refractivity contribution in [2.75, 3.05) is 0 Å². The maximum Gasteiger partial charge on any atom is 0.135 e. The van der Waals surface area contributed by atoms with E-state index in [9.17, 15) is 0 Å². The van der Waals surface area contributed by atoms with E-state index in [1.165, 1.54) is 49.7 Å². The fourth-order valence-electron chi connectivity index (χ4n) is 8.60. The second kappa shape index (κ2) is 10.2. The lowest BCUT2D eigenvalue weighted by Crippen LogP contribution is -2.25. The average molecular weight is 637 g/mol. The molecule has 2 aromatic heterocycles. The van der Waals surface area contributed by atoms with E-state index in [-0.39, 0.29) is 0 Å². The Balaban J connectivity index is 1.07. The smallest absolute Gasteiger partial charge is 0.135 e. The topological polar surface area (TPSA) is 38.9 Å². The van der Waals surface area contributed by atoms with Crippen LogP contribution in [-0.4, -0.2) is 9.97 Å². The van der Waals surface area contributed by atoms with Gasteiger partial charge in [0.25, 0.3) is 0 Å². The van der Waals surface area contributed by atoms with Crippen LogP contribution in [0, 0.1) is 0 Å². The summed E-state index contributed by atoms with van der Waals surface area (Å²) in [5.74, 6) is 1.01. The second-order valence-electron chi connectivity index (χ2n) is 13.3. The van der Waals surface area contributed by atoms with Gasteiger partial charge in [-0.2, -0.15) is 0 Å². The Bertz CT molecular complexity index is 2850. The number of furan rings is 1. The Hall–Kier alpha value is -6.58. The number of hydrogen-bond donors (Lipinski definition) is 0. The molecular weight excluding hydrogens is 609 g/mol. The number of benzene rings is 7. The number of aromatic nitrogens is 2. The zero-order valence-electron chi connectivity index (χ0n) is 27.0. The first kappa shape index (κ1) is 27.4. The Morgan fingerprint density at radius 3 is 1.94 bits per heavy atom. The van der Waals surface area contributed by atoms with Crippen LogP contribution in [0.5, 0.6) is 0 Å². The number of fused-ring (bicyclic) bond motifs is 13. The minimum atomic E-state index is -0.550. The minimum absolute atomic E-state index is 0.550. The van der Waals surface area contributed by atoms with Gasteiger partial charge in [0, 0.05) is 22.1 Å². The predicted molar refractivity (Wildman–Crippen MR) is 202 cm³/mol. The van der Waals surface area contributed by atoms with Crippen molar-refractivity contribution in [2.45, 2.75) is 5.41 Å². The van der Waals surface area contributed by atoms with Gasteiger partial charge in [0.15, 0.2) is 0 Å².